The molecule has 5 heteroatoms. The summed E-state index contributed by atoms with van der Waals surface area (Å²) in [6.07, 6.45) is -3.56. The molecule has 0 radical (unpaired) electrons. The lowest BCUT2D eigenvalue weighted by atomic mass is 9.82. The molecule has 110 valence electrons. The SMILES string of the molecule is Cc1ccccc1C1CCC(=O)N(CC(F)(F)F)C1C. The highest BCUT2D eigenvalue weighted by Gasteiger charge is 2.40. The number of piperidine rings is 1. The molecule has 1 fully saturated rings. The van der Waals surface area contributed by atoms with E-state index < -0.39 is 24.7 Å². The molecule has 0 aromatic heterocycles. The zero-order valence-electron chi connectivity index (χ0n) is 11.6. The lowest BCUT2D eigenvalue weighted by Gasteiger charge is -2.40. The van der Waals surface area contributed by atoms with E-state index in [1.807, 2.05) is 31.2 Å². The van der Waals surface area contributed by atoms with E-state index in [-0.39, 0.29) is 12.3 Å². The largest absolute Gasteiger partial charge is 0.406 e. The van der Waals surface area contributed by atoms with Crippen LogP contribution in [0.5, 0.6) is 0 Å². The first-order chi connectivity index (χ1) is 9.29. The van der Waals surface area contributed by atoms with Crippen molar-refractivity contribution >= 4 is 5.91 Å². The fourth-order valence-electron chi connectivity index (χ4n) is 2.95. The number of nitrogens with zero attached hydrogens (tertiary/aromatic N) is 1. The summed E-state index contributed by atoms with van der Waals surface area (Å²) < 4.78 is 37.8. The Morgan fingerprint density at radius 3 is 2.55 bits per heavy atom. The number of benzene rings is 1. The Bertz CT molecular complexity index is 498. The van der Waals surface area contributed by atoms with Gasteiger partial charge in [-0.1, -0.05) is 24.3 Å². The molecule has 2 nitrogen and oxygen atoms in total. The second-order valence-electron chi connectivity index (χ2n) is 5.38. The second-order valence-corrected chi connectivity index (χ2v) is 5.38. The molecule has 0 aliphatic carbocycles. The molecule has 0 spiro atoms. The summed E-state index contributed by atoms with van der Waals surface area (Å²) in [5.41, 5.74) is 2.10. The molecule has 2 unspecified atom stereocenters. The van der Waals surface area contributed by atoms with Gasteiger partial charge in [0.05, 0.1) is 0 Å². The van der Waals surface area contributed by atoms with E-state index in [4.69, 9.17) is 0 Å². The Kier molecular flexibility index (Phi) is 4.06. The second kappa shape index (κ2) is 5.46. The Labute approximate surface area is 116 Å². The molecule has 20 heavy (non-hydrogen) atoms. The van der Waals surface area contributed by atoms with E-state index in [1.165, 1.54) is 0 Å². The van der Waals surface area contributed by atoms with Gasteiger partial charge in [0, 0.05) is 18.4 Å². The van der Waals surface area contributed by atoms with Gasteiger partial charge >= 0.3 is 6.18 Å². The highest BCUT2D eigenvalue weighted by Crippen LogP contribution is 2.36. The number of hydrogen-bond acceptors (Lipinski definition) is 1. The molecule has 2 rings (SSSR count). The Hall–Kier alpha value is -1.52. The van der Waals surface area contributed by atoms with E-state index in [0.29, 0.717) is 6.42 Å². The number of alkyl halides is 3. The number of aryl methyl sites for hydroxylation is 1. The molecule has 1 aliphatic heterocycles. The van der Waals surface area contributed by atoms with Crippen molar-refractivity contribution in [3.05, 3.63) is 35.4 Å². The number of likely N-dealkylation sites (tertiary alicyclic amines) is 1. The molecule has 0 N–H and O–H groups in total. The number of amides is 1. The Morgan fingerprint density at radius 1 is 1.30 bits per heavy atom. The molecular formula is C15H18F3NO. The van der Waals surface area contributed by atoms with E-state index in [0.717, 1.165) is 16.0 Å². The van der Waals surface area contributed by atoms with E-state index in [9.17, 15) is 18.0 Å². The summed E-state index contributed by atoms with van der Waals surface area (Å²) in [5.74, 6) is -0.434. The van der Waals surface area contributed by atoms with Crippen LogP contribution in [0.25, 0.3) is 0 Å². The van der Waals surface area contributed by atoms with Crippen LogP contribution in [0.1, 0.15) is 36.8 Å². The van der Waals surface area contributed by atoms with Crippen molar-refractivity contribution < 1.29 is 18.0 Å². The Morgan fingerprint density at radius 2 is 1.95 bits per heavy atom. The number of hydrogen-bond donors (Lipinski definition) is 0. The molecule has 0 bridgehead atoms. The molecule has 1 saturated heterocycles. The van der Waals surface area contributed by atoms with Gasteiger partial charge in [0.25, 0.3) is 0 Å². The number of rotatable bonds is 2. The van der Waals surface area contributed by atoms with Gasteiger partial charge < -0.3 is 4.90 Å². The summed E-state index contributed by atoms with van der Waals surface area (Å²) in [6, 6.07) is 7.26. The normalized spacial score (nSPS) is 24.1. The van der Waals surface area contributed by atoms with Gasteiger partial charge in [-0.15, -0.1) is 0 Å². The monoisotopic (exact) mass is 285 g/mol. The lowest BCUT2D eigenvalue weighted by molar-refractivity contribution is -0.169. The standard InChI is InChI=1S/C15H18F3NO/c1-10-5-3-4-6-12(10)13-7-8-14(20)19(11(13)2)9-15(16,17)18/h3-6,11,13H,7-9H2,1-2H3. The maximum Gasteiger partial charge on any atom is 0.406 e. The third-order valence-electron chi connectivity index (χ3n) is 4.00. The molecule has 0 saturated carbocycles. The van der Waals surface area contributed by atoms with Crippen molar-refractivity contribution in [2.75, 3.05) is 6.54 Å². The van der Waals surface area contributed by atoms with E-state index in [1.54, 1.807) is 6.92 Å². The number of halogens is 3. The molecule has 1 amide bonds. The van der Waals surface area contributed by atoms with Crippen LogP contribution in [0.3, 0.4) is 0 Å². The predicted molar refractivity (Wildman–Crippen MR) is 70.4 cm³/mol. The minimum atomic E-state index is -4.35. The van der Waals surface area contributed by atoms with Crippen molar-refractivity contribution in [1.29, 1.82) is 0 Å². The lowest BCUT2D eigenvalue weighted by Crippen LogP contribution is -2.50. The van der Waals surface area contributed by atoms with Crippen molar-refractivity contribution in [3.8, 4) is 0 Å². The number of carbonyl (C=O) groups excluding carboxylic acids is 1. The first-order valence-electron chi connectivity index (χ1n) is 6.71. The molecule has 2 atom stereocenters. The zero-order valence-corrected chi connectivity index (χ0v) is 11.6. The van der Waals surface area contributed by atoms with Gasteiger partial charge in [-0.25, -0.2) is 0 Å². The summed E-state index contributed by atoms with van der Waals surface area (Å²) in [6.45, 7) is 2.50. The summed E-state index contributed by atoms with van der Waals surface area (Å²) in [7, 11) is 0. The molecule has 1 aromatic rings. The predicted octanol–water partition coefficient (Wildman–Crippen LogP) is 3.65. The quantitative estimate of drug-likeness (QED) is 0.812. The van der Waals surface area contributed by atoms with Crippen LogP contribution in [0, 0.1) is 6.92 Å². The summed E-state index contributed by atoms with van der Waals surface area (Å²) in [5, 5.41) is 0. The van der Waals surface area contributed by atoms with Gasteiger partial charge in [-0.05, 0) is 31.4 Å². The Balaban J connectivity index is 2.25. The highest BCUT2D eigenvalue weighted by molar-refractivity contribution is 5.77. The average Bonchev–Trinajstić information content (AvgIpc) is 2.35. The highest BCUT2D eigenvalue weighted by atomic mass is 19.4. The molecule has 1 heterocycles. The smallest absolute Gasteiger partial charge is 0.330 e. The first-order valence-corrected chi connectivity index (χ1v) is 6.71. The van der Waals surface area contributed by atoms with Crippen molar-refractivity contribution in [1.82, 2.24) is 4.90 Å². The van der Waals surface area contributed by atoms with Gasteiger partial charge in [0.1, 0.15) is 6.54 Å². The van der Waals surface area contributed by atoms with Crippen molar-refractivity contribution in [2.45, 2.75) is 44.8 Å². The summed E-state index contributed by atoms with van der Waals surface area (Å²) in [4.78, 5) is 12.7. The minimum Gasteiger partial charge on any atom is -0.330 e. The van der Waals surface area contributed by atoms with Crippen LogP contribution in [0.4, 0.5) is 13.2 Å². The fourth-order valence-corrected chi connectivity index (χ4v) is 2.95. The van der Waals surface area contributed by atoms with Crippen LogP contribution in [0.2, 0.25) is 0 Å². The van der Waals surface area contributed by atoms with Gasteiger partial charge in [-0.2, -0.15) is 13.2 Å². The zero-order chi connectivity index (χ0) is 14.9. The van der Waals surface area contributed by atoms with Gasteiger partial charge in [0.2, 0.25) is 5.91 Å². The maximum atomic E-state index is 12.6. The van der Waals surface area contributed by atoms with Crippen LogP contribution in [-0.4, -0.2) is 29.6 Å². The fraction of sp³-hybridized carbons (Fsp3) is 0.533. The third-order valence-corrected chi connectivity index (χ3v) is 4.00. The van der Waals surface area contributed by atoms with E-state index >= 15 is 0 Å². The van der Waals surface area contributed by atoms with Gasteiger partial charge in [-0.3, -0.25) is 4.79 Å². The van der Waals surface area contributed by atoms with Crippen LogP contribution >= 0.6 is 0 Å². The molecular weight excluding hydrogens is 267 g/mol. The van der Waals surface area contributed by atoms with Crippen molar-refractivity contribution in [3.63, 3.8) is 0 Å². The molecule has 1 aliphatic rings. The van der Waals surface area contributed by atoms with Crippen LogP contribution < -0.4 is 0 Å². The van der Waals surface area contributed by atoms with Crippen LogP contribution in [-0.2, 0) is 4.79 Å². The van der Waals surface area contributed by atoms with Crippen LogP contribution in [0.15, 0.2) is 24.3 Å². The van der Waals surface area contributed by atoms with Gasteiger partial charge in [0.15, 0.2) is 0 Å². The third kappa shape index (κ3) is 3.14. The minimum absolute atomic E-state index is 0.0313. The molecule has 1 aromatic carbocycles. The first kappa shape index (κ1) is 14.9. The maximum absolute atomic E-state index is 12.6. The van der Waals surface area contributed by atoms with E-state index in [2.05, 4.69) is 0 Å². The average molecular weight is 285 g/mol. The summed E-state index contributed by atoms with van der Waals surface area (Å²) >= 11 is 0. The topological polar surface area (TPSA) is 20.3 Å². The van der Waals surface area contributed by atoms with Crippen molar-refractivity contribution in [2.24, 2.45) is 0 Å². The number of carbonyl (C=O) groups is 1.